The number of aromatic nitrogens is 1. The predicted molar refractivity (Wildman–Crippen MR) is 158 cm³/mol. The first-order valence-corrected chi connectivity index (χ1v) is 16.0. The first kappa shape index (κ1) is 29.8. The standard InChI is InChI=1S/C32H47ClFN3O3/c1-22(30(38)19-25-9-11-26(39-2)12-10-25)3-4-23-5-7-24(8-6-23)13-14-36-15-17-37(18-16-36)32-27-20-28(33)29(34)21-31(27)40-35-32/h20-26H,3-19H2,1-2H3. The van der Waals surface area contributed by atoms with Gasteiger partial charge < -0.3 is 14.2 Å². The summed E-state index contributed by atoms with van der Waals surface area (Å²) in [6.45, 7) is 7.08. The van der Waals surface area contributed by atoms with Crippen molar-refractivity contribution in [2.45, 2.75) is 90.1 Å². The number of rotatable bonds is 11. The van der Waals surface area contributed by atoms with Gasteiger partial charge in [-0.05, 0) is 75.3 Å². The van der Waals surface area contributed by atoms with Crippen LogP contribution in [0.2, 0.25) is 5.02 Å². The van der Waals surface area contributed by atoms with Crippen LogP contribution in [-0.2, 0) is 9.53 Å². The Balaban J connectivity index is 0.957. The molecular weight excluding hydrogens is 529 g/mol. The summed E-state index contributed by atoms with van der Waals surface area (Å²) in [7, 11) is 1.81. The number of hydrogen-bond acceptors (Lipinski definition) is 6. The van der Waals surface area contributed by atoms with Gasteiger partial charge in [-0.1, -0.05) is 49.4 Å². The summed E-state index contributed by atoms with van der Waals surface area (Å²) in [5.74, 6) is 3.19. The molecule has 3 fully saturated rings. The number of ketones is 1. The topological polar surface area (TPSA) is 58.8 Å². The Morgan fingerprint density at radius 2 is 1.68 bits per heavy atom. The number of piperazine rings is 1. The Morgan fingerprint density at radius 1 is 1.02 bits per heavy atom. The molecule has 5 rings (SSSR count). The van der Waals surface area contributed by atoms with Crippen LogP contribution in [0.3, 0.4) is 0 Å². The molecule has 1 aliphatic heterocycles. The molecule has 0 amide bonds. The van der Waals surface area contributed by atoms with Crippen molar-refractivity contribution in [3.63, 3.8) is 0 Å². The molecule has 1 aromatic carbocycles. The molecule has 2 aromatic rings. The van der Waals surface area contributed by atoms with E-state index in [2.05, 4.69) is 21.9 Å². The van der Waals surface area contributed by atoms with E-state index in [4.69, 9.17) is 20.9 Å². The lowest BCUT2D eigenvalue weighted by atomic mass is 9.77. The van der Waals surface area contributed by atoms with E-state index in [-0.39, 0.29) is 10.9 Å². The minimum absolute atomic E-state index is 0.101. The van der Waals surface area contributed by atoms with E-state index in [0.29, 0.717) is 23.4 Å². The minimum atomic E-state index is -0.480. The minimum Gasteiger partial charge on any atom is -0.381 e. The smallest absolute Gasteiger partial charge is 0.180 e. The van der Waals surface area contributed by atoms with Gasteiger partial charge in [-0.15, -0.1) is 0 Å². The van der Waals surface area contributed by atoms with Gasteiger partial charge in [0.25, 0.3) is 0 Å². The van der Waals surface area contributed by atoms with E-state index in [1.807, 2.05) is 0 Å². The average molecular weight is 576 g/mol. The average Bonchev–Trinajstić information content (AvgIpc) is 3.38. The number of halogens is 2. The lowest BCUT2D eigenvalue weighted by Crippen LogP contribution is -2.47. The fourth-order valence-electron chi connectivity index (χ4n) is 7.21. The molecule has 0 N–H and O–H groups in total. The third kappa shape index (κ3) is 7.57. The molecule has 2 saturated carbocycles. The summed E-state index contributed by atoms with van der Waals surface area (Å²) in [6.07, 6.45) is 14.6. The zero-order valence-electron chi connectivity index (χ0n) is 24.4. The van der Waals surface area contributed by atoms with Gasteiger partial charge in [-0.3, -0.25) is 9.69 Å². The number of methoxy groups -OCH3 is 1. The second kappa shape index (κ2) is 14.0. The van der Waals surface area contributed by atoms with Gasteiger partial charge >= 0.3 is 0 Å². The molecule has 3 aliphatic rings. The van der Waals surface area contributed by atoms with E-state index >= 15 is 0 Å². The summed E-state index contributed by atoms with van der Waals surface area (Å²) in [5, 5.41) is 5.08. The fraction of sp³-hybridized carbons (Fsp3) is 0.750. The van der Waals surface area contributed by atoms with Crippen LogP contribution in [0.1, 0.15) is 84.0 Å². The maximum Gasteiger partial charge on any atom is 0.180 e. The van der Waals surface area contributed by atoms with Gasteiger partial charge in [-0.25, -0.2) is 4.39 Å². The quantitative estimate of drug-likeness (QED) is 0.276. The van der Waals surface area contributed by atoms with Gasteiger partial charge in [0.15, 0.2) is 11.4 Å². The third-order valence-corrected chi connectivity index (χ3v) is 10.4. The zero-order valence-corrected chi connectivity index (χ0v) is 25.1. The lowest BCUT2D eigenvalue weighted by Gasteiger charge is -2.36. The maximum atomic E-state index is 13.7. The van der Waals surface area contributed by atoms with Crippen LogP contribution in [0.15, 0.2) is 16.7 Å². The lowest BCUT2D eigenvalue weighted by molar-refractivity contribution is -0.124. The largest absolute Gasteiger partial charge is 0.381 e. The summed E-state index contributed by atoms with van der Waals surface area (Å²) >= 11 is 6.00. The highest BCUT2D eigenvalue weighted by Crippen LogP contribution is 2.36. The molecule has 1 unspecified atom stereocenters. The number of carbonyl (C=O) groups is 1. The van der Waals surface area contributed by atoms with Crippen LogP contribution in [0, 0.1) is 29.5 Å². The monoisotopic (exact) mass is 575 g/mol. The van der Waals surface area contributed by atoms with Crippen molar-refractivity contribution in [3.8, 4) is 0 Å². The molecular formula is C32H47ClFN3O3. The highest BCUT2D eigenvalue weighted by molar-refractivity contribution is 6.31. The fourth-order valence-corrected chi connectivity index (χ4v) is 7.37. The molecule has 0 bridgehead atoms. The summed E-state index contributed by atoms with van der Waals surface area (Å²) < 4.78 is 24.6. The van der Waals surface area contributed by atoms with E-state index in [1.54, 1.807) is 13.2 Å². The summed E-state index contributed by atoms with van der Waals surface area (Å²) in [4.78, 5) is 17.6. The van der Waals surface area contributed by atoms with E-state index in [9.17, 15) is 9.18 Å². The van der Waals surface area contributed by atoms with Crippen LogP contribution < -0.4 is 4.90 Å². The van der Waals surface area contributed by atoms with Crippen molar-refractivity contribution in [2.24, 2.45) is 23.7 Å². The van der Waals surface area contributed by atoms with Crippen molar-refractivity contribution in [2.75, 3.05) is 44.7 Å². The second-order valence-corrected chi connectivity index (χ2v) is 13.2. The summed E-state index contributed by atoms with van der Waals surface area (Å²) in [6, 6.07) is 2.93. The number of ether oxygens (including phenoxy) is 1. The normalized spacial score (nSPS) is 27.2. The number of hydrogen-bond donors (Lipinski definition) is 0. The number of Topliss-reactive ketones (excluding diaryl/α,β-unsaturated/α-hetero) is 1. The van der Waals surface area contributed by atoms with Crippen molar-refractivity contribution in [3.05, 3.63) is 23.0 Å². The molecule has 2 aliphatic carbocycles. The Morgan fingerprint density at radius 3 is 2.35 bits per heavy atom. The number of anilines is 1. The van der Waals surface area contributed by atoms with Crippen molar-refractivity contribution < 1.29 is 18.4 Å². The van der Waals surface area contributed by atoms with E-state index in [1.165, 1.54) is 44.6 Å². The predicted octanol–water partition coefficient (Wildman–Crippen LogP) is 7.52. The highest BCUT2D eigenvalue weighted by Gasteiger charge is 2.27. The second-order valence-electron chi connectivity index (χ2n) is 12.8. The van der Waals surface area contributed by atoms with Gasteiger partial charge in [-0.2, -0.15) is 0 Å². The van der Waals surface area contributed by atoms with Crippen molar-refractivity contribution in [1.82, 2.24) is 10.1 Å². The third-order valence-electron chi connectivity index (χ3n) is 10.2. The van der Waals surface area contributed by atoms with Gasteiger partial charge in [0.2, 0.25) is 0 Å². The molecule has 8 heteroatoms. The Hall–Kier alpha value is -1.70. The molecule has 1 aromatic heterocycles. The Labute approximate surface area is 243 Å². The zero-order chi connectivity index (χ0) is 28.1. The maximum absolute atomic E-state index is 13.7. The molecule has 0 radical (unpaired) electrons. The van der Waals surface area contributed by atoms with Crippen LogP contribution in [0.4, 0.5) is 10.2 Å². The molecule has 40 heavy (non-hydrogen) atoms. The number of nitrogens with zero attached hydrogens (tertiary/aromatic N) is 3. The number of benzene rings is 1. The SMILES string of the molecule is COC1CCC(CC(=O)C(C)CCC2CCC(CCN3CCN(c4noc5cc(F)c(Cl)cc45)CC3)CC2)CC1. The summed E-state index contributed by atoms with van der Waals surface area (Å²) in [5.41, 5.74) is 0.441. The first-order valence-electron chi connectivity index (χ1n) is 15.7. The molecule has 1 saturated heterocycles. The van der Waals surface area contributed by atoms with Crippen LogP contribution in [-0.4, -0.2) is 61.8 Å². The van der Waals surface area contributed by atoms with E-state index < -0.39 is 5.82 Å². The van der Waals surface area contributed by atoms with Gasteiger partial charge in [0.1, 0.15) is 11.6 Å². The van der Waals surface area contributed by atoms with Crippen molar-refractivity contribution >= 4 is 34.2 Å². The first-order chi connectivity index (χ1) is 19.4. The van der Waals surface area contributed by atoms with Gasteiger partial charge in [0.05, 0.1) is 16.5 Å². The molecule has 0 spiro atoms. The molecule has 222 valence electrons. The number of carbonyl (C=O) groups excluding carboxylic acids is 1. The number of fused-ring (bicyclic) bond motifs is 1. The van der Waals surface area contributed by atoms with Gasteiger partial charge in [0, 0.05) is 51.7 Å². The Bertz CT molecular complexity index is 1100. The van der Waals surface area contributed by atoms with E-state index in [0.717, 1.165) is 94.3 Å². The molecule has 6 nitrogen and oxygen atoms in total. The van der Waals surface area contributed by atoms with Crippen molar-refractivity contribution in [1.29, 1.82) is 0 Å². The van der Waals surface area contributed by atoms with Crippen LogP contribution in [0.5, 0.6) is 0 Å². The molecule has 1 atom stereocenters. The Kier molecular flexibility index (Phi) is 10.4. The van der Waals surface area contributed by atoms with Crippen LogP contribution in [0.25, 0.3) is 11.0 Å². The highest BCUT2D eigenvalue weighted by atomic mass is 35.5. The molecule has 2 heterocycles. The van der Waals surface area contributed by atoms with Crippen LogP contribution >= 0.6 is 11.6 Å².